The Balaban J connectivity index is 3.20. The Morgan fingerprint density at radius 2 is 2.18 bits per heavy atom. The van der Waals surface area contributed by atoms with Gasteiger partial charge in [-0.25, -0.2) is 8.42 Å². The number of nitrogens with zero attached hydrogens (tertiary/aromatic N) is 1. The number of likely N-dealkylation sites (N-methyl/N-ethyl adjacent to an activating group) is 1. The van der Waals surface area contributed by atoms with E-state index in [1.807, 2.05) is 0 Å². The van der Waals surface area contributed by atoms with Crippen LogP contribution in [0.5, 0.6) is 0 Å². The van der Waals surface area contributed by atoms with Crippen LogP contribution >= 0.6 is 15.9 Å². The van der Waals surface area contributed by atoms with Gasteiger partial charge < -0.3 is 5.73 Å². The van der Waals surface area contributed by atoms with Crippen LogP contribution in [0.25, 0.3) is 0 Å². The van der Waals surface area contributed by atoms with Crippen LogP contribution in [-0.4, -0.2) is 26.3 Å². The van der Waals surface area contributed by atoms with E-state index < -0.39 is 10.0 Å². The predicted molar refractivity (Wildman–Crippen MR) is 72.0 cm³/mol. The van der Waals surface area contributed by atoms with Crippen molar-refractivity contribution in [3.63, 3.8) is 0 Å². The molecule has 1 rings (SSSR count). The molecule has 0 radical (unpaired) electrons. The largest absolute Gasteiger partial charge is 0.326 e. The molecule has 0 saturated heterocycles. The Labute approximate surface area is 110 Å². The summed E-state index contributed by atoms with van der Waals surface area (Å²) in [7, 11) is -1.97. The fourth-order valence-electron chi connectivity index (χ4n) is 1.33. The van der Waals surface area contributed by atoms with E-state index in [0.717, 1.165) is 5.56 Å². The van der Waals surface area contributed by atoms with Crippen molar-refractivity contribution in [2.75, 3.05) is 13.6 Å². The van der Waals surface area contributed by atoms with Gasteiger partial charge in [-0.05, 0) is 33.6 Å². The lowest BCUT2D eigenvalue weighted by Gasteiger charge is -2.16. The summed E-state index contributed by atoms with van der Waals surface area (Å²) in [4.78, 5) is 0.235. The minimum atomic E-state index is -3.48. The molecule has 1 aromatic rings. The van der Waals surface area contributed by atoms with Gasteiger partial charge in [-0.3, -0.25) is 0 Å². The maximum absolute atomic E-state index is 12.2. The Hall–Kier alpha value is -0.690. The van der Waals surface area contributed by atoms with Crippen LogP contribution in [0.2, 0.25) is 0 Å². The molecule has 2 N–H and O–H groups in total. The van der Waals surface area contributed by atoms with Gasteiger partial charge in [-0.15, -0.1) is 6.58 Å². The van der Waals surface area contributed by atoms with Gasteiger partial charge in [0.15, 0.2) is 0 Å². The van der Waals surface area contributed by atoms with Gasteiger partial charge in [0, 0.05) is 24.6 Å². The van der Waals surface area contributed by atoms with Crippen LogP contribution in [0.3, 0.4) is 0 Å². The molecule has 4 nitrogen and oxygen atoms in total. The maximum Gasteiger partial charge on any atom is 0.244 e. The van der Waals surface area contributed by atoms with Crippen LogP contribution in [0.4, 0.5) is 0 Å². The predicted octanol–water partition coefficient (Wildman–Crippen LogP) is 1.71. The average Bonchev–Trinajstić information content (AvgIpc) is 2.28. The molecule has 1 aromatic carbocycles. The van der Waals surface area contributed by atoms with Crippen LogP contribution in [0, 0.1) is 0 Å². The molecular formula is C11H15BrN2O2S. The van der Waals surface area contributed by atoms with E-state index >= 15 is 0 Å². The summed E-state index contributed by atoms with van der Waals surface area (Å²) in [6, 6.07) is 4.98. The van der Waals surface area contributed by atoms with Crippen molar-refractivity contribution in [3.05, 3.63) is 40.9 Å². The number of rotatable bonds is 5. The molecule has 0 aromatic heterocycles. The first-order chi connectivity index (χ1) is 7.93. The molecular weight excluding hydrogens is 304 g/mol. The number of sulfonamides is 1. The Morgan fingerprint density at radius 1 is 1.53 bits per heavy atom. The van der Waals surface area contributed by atoms with Crippen molar-refractivity contribution < 1.29 is 8.42 Å². The van der Waals surface area contributed by atoms with Crippen molar-refractivity contribution in [2.24, 2.45) is 5.73 Å². The van der Waals surface area contributed by atoms with Crippen molar-refractivity contribution >= 4 is 26.0 Å². The molecule has 0 spiro atoms. The van der Waals surface area contributed by atoms with Crippen LogP contribution < -0.4 is 5.73 Å². The van der Waals surface area contributed by atoms with E-state index in [0.29, 0.717) is 11.0 Å². The van der Waals surface area contributed by atoms with Crippen LogP contribution in [0.1, 0.15) is 5.56 Å². The molecule has 6 heteroatoms. The van der Waals surface area contributed by atoms with Gasteiger partial charge in [0.25, 0.3) is 0 Å². The van der Waals surface area contributed by atoms with Crippen LogP contribution in [0.15, 0.2) is 40.2 Å². The highest BCUT2D eigenvalue weighted by Crippen LogP contribution is 2.25. The lowest BCUT2D eigenvalue weighted by molar-refractivity contribution is 0.499. The summed E-state index contributed by atoms with van der Waals surface area (Å²) in [5, 5.41) is 0. The zero-order valence-electron chi connectivity index (χ0n) is 9.56. The lowest BCUT2D eigenvalue weighted by atomic mass is 10.2. The topological polar surface area (TPSA) is 63.4 Å². The van der Waals surface area contributed by atoms with Gasteiger partial charge in [-0.1, -0.05) is 12.1 Å². The molecule has 0 bridgehead atoms. The number of hydrogen-bond acceptors (Lipinski definition) is 3. The molecule has 0 aliphatic carbocycles. The first-order valence-electron chi connectivity index (χ1n) is 4.99. The first kappa shape index (κ1) is 14.4. The minimum absolute atomic E-state index is 0.235. The quantitative estimate of drug-likeness (QED) is 0.841. The highest BCUT2D eigenvalue weighted by molar-refractivity contribution is 9.10. The monoisotopic (exact) mass is 318 g/mol. The zero-order valence-corrected chi connectivity index (χ0v) is 12.0. The first-order valence-corrected chi connectivity index (χ1v) is 7.22. The van der Waals surface area contributed by atoms with E-state index in [1.165, 1.54) is 11.4 Å². The summed E-state index contributed by atoms with van der Waals surface area (Å²) in [6.07, 6.45) is 1.54. The molecule has 17 heavy (non-hydrogen) atoms. The summed E-state index contributed by atoms with van der Waals surface area (Å²) in [5.41, 5.74) is 6.37. The van der Waals surface area contributed by atoms with Crippen molar-refractivity contribution in [2.45, 2.75) is 11.4 Å². The second-order valence-corrected chi connectivity index (χ2v) is 6.41. The van der Waals surface area contributed by atoms with Crippen LogP contribution in [-0.2, 0) is 16.6 Å². The Bertz CT molecular complexity index is 514. The van der Waals surface area contributed by atoms with Gasteiger partial charge in [-0.2, -0.15) is 4.31 Å². The van der Waals surface area contributed by atoms with E-state index in [2.05, 4.69) is 22.5 Å². The maximum atomic E-state index is 12.2. The van der Waals surface area contributed by atoms with E-state index in [4.69, 9.17) is 5.73 Å². The SMILES string of the molecule is C=CCN(C)S(=O)(=O)c1ccc(CN)cc1Br. The van der Waals surface area contributed by atoms with E-state index in [-0.39, 0.29) is 11.4 Å². The molecule has 0 saturated carbocycles. The van der Waals surface area contributed by atoms with Gasteiger partial charge in [0.2, 0.25) is 10.0 Å². The van der Waals surface area contributed by atoms with Crippen molar-refractivity contribution in [1.29, 1.82) is 0 Å². The number of benzene rings is 1. The smallest absolute Gasteiger partial charge is 0.244 e. The molecule has 0 amide bonds. The van der Waals surface area contributed by atoms with Gasteiger partial charge >= 0.3 is 0 Å². The Kier molecular flexibility index (Phi) is 4.88. The van der Waals surface area contributed by atoms with Crippen molar-refractivity contribution in [3.8, 4) is 0 Å². The standard InChI is InChI=1S/C11H15BrN2O2S/c1-3-6-14(2)17(15,16)11-5-4-9(8-13)7-10(11)12/h3-5,7H,1,6,8,13H2,2H3. The molecule has 0 heterocycles. The van der Waals surface area contributed by atoms with Gasteiger partial charge in [0.05, 0.1) is 4.90 Å². The van der Waals surface area contributed by atoms with Crippen molar-refractivity contribution in [1.82, 2.24) is 4.31 Å². The summed E-state index contributed by atoms with van der Waals surface area (Å²) < 4.78 is 26.1. The van der Waals surface area contributed by atoms with E-state index in [1.54, 1.807) is 24.3 Å². The number of nitrogens with two attached hydrogens (primary N) is 1. The second kappa shape index (κ2) is 5.77. The molecule has 0 fully saturated rings. The zero-order chi connectivity index (χ0) is 13.1. The third-order valence-electron chi connectivity index (χ3n) is 2.31. The summed E-state index contributed by atoms with van der Waals surface area (Å²) >= 11 is 3.26. The summed E-state index contributed by atoms with van der Waals surface area (Å²) in [5.74, 6) is 0. The normalized spacial score (nSPS) is 11.8. The highest BCUT2D eigenvalue weighted by Gasteiger charge is 2.22. The third kappa shape index (κ3) is 3.16. The lowest BCUT2D eigenvalue weighted by Crippen LogP contribution is -2.27. The highest BCUT2D eigenvalue weighted by atomic mass is 79.9. The molecule has 94 valence electrons. The molecule has 0 atom stereocenters. The van der Waals surface area contributed by atoms with Gasteiger partial charge in [0.1, 0.15) is 0 Å². The number of hydrogen-bond donors (Lipinski definition) is 1. The third-order valence-corrected chi connectivity index (χ3v) is 5.11. The van der Waals surface area contributed by atoms with E-state index in [9.17, 15) is 8.42 Å². The fraction of sp³-hybridized carbons (Fsp3) is 0.273. The molecule has 0 aliphatic rings. The fourth-order valence-corrected chi connectivity index (χ4v) is 3.55. The number of halogens is 1. The Morgan fingerprint density at radius 3 is 2.65 bits per heavy atom. The second-order valence-electron chi connectivity index (χ2n) is 3.54. The minimum Gasteiger partial charge on any atom is -0.326 e. The average molecular weight is 319 g/mol. The molecule has 0 aliphatic heterocycles. The summed E-state index contributed by atoms with van der Waals surface area (Å²) in [6.45, 7) is 4.17. The molecule has 0 unspecified atom stereocenters.